The number of hydrogen-bond acceptors (Lipinski definition) is 3. The number of benzene rings is 1. The number of rotatable bonds is 4. The van der Waals surface area contributed by atoms with E-state index in [0.717, 1.165) is 22.5 Å². The molecule has 0 aliphatic carbocycles. The highest BCUT2D eigenvalue weighted by Crippen LogP contribution is 2.39. The van der Waals surface area contributed by atoms with Crippen LogP contribution in [0, 0.1) is 0 Å². The van der Waals surface area contributed by atoms with Crippen molar-refractivity contribution in [1.29, 1.82) is 0 Å². The molecule has 3 rings (SSSR count). The Hall–Kier alpha value is -1.92. The highest BCUT2D eigenvalue weighted by molar-refractivity contribution is 6.54. The van der Waals surface area contributed by atoms with E-state index in [1.54, 1.807) is 0 Å². The van der Waals surface area contributed by atoms with E-state index < -0.39 is 24.0 Å². The van der Waals surface area contributed by atoms with Gasteiger partial charge in [0.1, 0.15) is 5.73 Å². The molecule has 0 radical (unpaired) electrons. The molecule has 1 aliphatic rings. The fraction of sp³-hybridized carbons (Fsp3) is 0.450. The number of halogens is 1. The van der Waals surface area contributed by atoms with Gasteiger partial charge in [-0.3, -0.25) is 5.10 Å². The van der Waals surface area contributed by atoms with Crippen molar-refractivity contribution in [3.63, 3.8) is 0 Å². The summed E-state index contributed by atoms with van der Waals surface area (Å²) in [4.78, 5) is 0. The number of aromatic amines is 1. The molecule has 4 nitrogen and oxygen atoms in total. The summed E-state index contributed by atoms with van der Waals surface area (Å²) in [6, 6.07) is 9.75. The topological polar surface area (TPSA) is 47.1 Å². The van der Waals surface area contributed by atoms with Gasteiger partial charge in [-0.05, 0) is 39.7 Å². The standard InChI is InChI=1S/C20H26BFN2O2/c1-13(2)17-15(18(24-23-17)14-10-8-7-9-11-14)12-16(22)21-25-19(3,4)20(5,6)26-21/h7-13H,1-6H3,(H,23,24). The van der Waals surface area contributed by atoms with Gasteiger partial charge in [0.2, 0.25) is 0 Å². The number of aromatic nitrogens is 2. The van der Waals surface area contributed by atoms with Gasteiger partial charge in [-0.1, -0.05) is 44.2 Å². The number of nitrogens with one attached hydrogen (secondary N) is 1. The van der Waals surface area contributed by atoms with Gasteiger partial charge in [0.25, 0.3) is 0 Å². The maximum Gasteiger partial charge on any atom is 0.525 e. The molecule has 1 N–H and O–H groups in total. The van der Waals surface area contributed by atoms with Crippen LogP contribution in [0.2, 0.25) is 0 Å². The molecule has 1 aromatic carbocycles. The molecule has 1 fully saturated rings. The van der Waals surface area contributed by atoms with Crippen molar-refractivity contribution in [3.8, 4) is 11.3 Å². The molecule has 0 spiro atoms. The van der Waals surface area contributed by atoms with Crippen molar-refractivity contribution >= 4 is 13.2 Å². The first-order valence-electron chi connectivity index (χ1n) is 8.99. The lowest BCUT2D eigenvalue weighted by Crippen LogP contribution is -2.41. The molecular weight excluding hydrogens is 330 g/mol. The molecule has 0 amide bonds. The third kappa shape index (κ3) is 3.36. The Labute approximate surface area is 154 Å². The first kappa shape index (κ1) is 18.9. The zero-order valence-corrected chi connectivity index (χ0v) is 16.3. The fourth-order valence-corrected chi connectivity index (χ4v) is 2.93. The van der Waals surface area contributed by atoms with Gasteiger partial charge >= 0.3 is 7.12 Å². The van der Waals surface area contributed by atoms with Gasteiger partial charge in [-0.15, -0.1) is 0 Å². The van der Waals surface area contributed by atoms with Crippen LogP contribution in [0.1, 0.15) is 58.7 Å². The summed E-state index contributed by atoms with van der Waals surface area (Å²) >= 11 is 0. The van der Waals surface area contributed by atoms with Crippen LogP contribution in [0.5, 0.6) is 0 Å². The average Bonchev–Trinajstić information content (AvgIpc) is 3.07. The van der Waals surface area contributed by atoms with E-state index in [4.69, 9.17) is 9.31 Å². The highest BCUT2D eigenvalue weighted by Gasteiger charge is 2.53. The van der Waals surface area contributed by atoms with Crippen LogP contribution in [0.3, 0.4) is 0 Å². The second kappa shape index (κ2) is 6.67. The van der Waals surface area contributed by atoms with Crippen LogP contribution in [0.15, 0.2) is 36.1 Å². The monoisotopic (exact) mass is 356 g/mol. The Morgan fingerprint density at radius 2 is 1.69 bits per heavy atom. The van der Waals surface area contributed by atoms with Crippen LogP contribution in [-0.2, 0) is 9.31 Å². The first-order chi connectivity index (χ1) is 12.1. The number of hydrogen-bond donors (Lipinski definition) is 1. The minimum absolute atomic E-state index is 0.178. The normalized spacial score (nSPS) is 19.4. The second-order valence-corrected chi connectivity index (χ2v) is 8.04. The highest BCUT2D eigenvalue weighted by atomic mass is 19.1. The molecule has 2 heterocycles. The Morgan fingerprint density at radius 1 is 1.12 bits per heavy atom. The summed E-state index contributed by atoms with van der Waals surface area (Å²) in [7, 11) is -1.02. The van der Waals surface area contributed by atoms with Gasteiger partial charge in [0.15, 0.2) is 0 Å². The molecule has 1 aliphatic heterocycles. The lowest BCUT2D eigenvalue weighted by atomic mass is 9.85. The zero-order valence-electron chi connectivity index (χ0n) is 16.3. The maximum absolute atomic E-state index is 15.1. The SMILES string of the molecule is CC(C)c1[nH]nc(-c2ccccc2)c1C=C(F)B1OC(C)(C)C(C)(C)O1. The van der Waals surface area contributed by atoms with Crippen LogP contribution >= 0.6 is 0 Å². The van der Waals surface area contributed by atoms with Crippen molar-refractivity contribution in [3.05, 3.63) is 47.3 Å². The molecule has 2 aromatic rings. The molecule has 0 saturated carbocycles. The summed E-state index contributed by atoms with van der Waals surface area (Å²) in [5.41, 5.74) is 1.66. The van der Waals surface area contributed by atoms with Gasteiger partial charge in [-0.25, -0.2) is 4.39 Å². The average molecular weight is 356 g/mol. The summed E-state index contributed by atoms with van der Waals surface area (Å²) < 4.78 is 26.7. The van der Waals surface area contributed by atoms with Crippen LogP contribution in [0.4, 0.5) is 4.39 Å². The molecular formula is C20H26BFN2O2. The van der Waals surface area contributed by atoms with E-state index in [2.05, 4.69) is 10.2 Å². The molecule has 0 atom stereocenters. The smallest absolute Gasteiger partial charge is 0.398 e. The molecule has 138 valence electrons. The summed E-state index contributed by atoms with van der Waals surface area (Å²) in [6.07, 6.45) is 1.49. The fourth-order valence-electron chi connectivity index (χ4n) is 2.93. The Morgan fingerprint density at radius 3 is 2.23 bits per heavy atom. The van der Waals surface area contributed by atoms with Crippen molar-refractivity contribution in [2.24, 2.45) is 0 Å². The lowest BCUT2D eigenvalue weighted by Gasteiger charge is -2.32. The van der Waals surface area contributed by atoms with Crippen molar-refractivity contribution in [2.45, 2.75) is 58.7 Å². The molecule has 0 unspecified atom stereocenters. The Bertz CT molecular complexity index is 796. The zero-order chi connectivity index (χ0) is 19.1. The van der Waals surface area contributed by atoms with Crippen molar-refractivity contribution in [1.82, 2.24) is 10.2 Å². The maximum atomic E-state index is 15.1. The van der Waals surface area contributed by atoms with E-state index in [1.165, 1.54) is 6.08 Å². The minimum Gasteiger partial charge on any atom is -0.398 e. The molecule has 6 heteroatoms. The second-order valence-electron chi connectivity index (χ2n) is 8.04. The van der Waals surface area contributed by atoms with E-state index in [-0.39, 0.29) is 5.92 Å². The summed E-state index contributed by atoms with van der Waals surface area (Å²) in [6.45, 7) is 11.7. The van der Waals surface area contributed by atoms with Crippen molar-refractivity contribution in [2.75, 3.05) is 0 Å². The predicted octanol–water partition coefficient (Wildman–Crippen LogP) is 5.14. The summed E-state index contributed by atoms with van der Waals surface area (Å²) in [5, 5.41) is 7.48. The minimum atomic E-state index is -1.02. The van der Waals surface area contributed by atoms with Crippen LogP contribution in [0.25, 0.3) is 17.3 Å². The van der Waals surface area contributed by atoms with Gasteiger partial charge in [-0.2, -0.15) is 5.10 Å². The van der Waals surface area contributed by atoms with E-state index in [0.29, 0.717) is 0 Å². The van der Waals surface area contributed by atoms with Crippen LogP contribution < -0.4 is 0 Å². The van der Waals surface area contributed by atoms with Gasteiger partial charge < -0.3 is 9.31 Å². The van der Waals surface area contributed by atoms with Gasteiger partial charge in [0.05, 0.1) is 16.9 Å². The third-order valence-electron chi connectivity index (χ3n) is 5.22. The first-order valence-corrected chi connectivity index (χ1v) is 8.99. The largest absolute Gasteiger partial charge is 0.525 e. The quantitative estimate of drug-likeness (QED) is 0.772. The number of H-pyrrole nitrogens is 1. The molecule has 1 saturated heterocycles. The van der Waals surface area contributed by atoms with Crippen molar-refractivity contribution < 1.29 is 13.7 Å². The lowest BCUT2D eigenvalue weighted by molar-refractivity contribution is 0.00578. The summed E-state index contributed by atoms with van der Waals surface area (Å²) in [5.74, 6) is 0.178. The molecule has 1 aromatic heterocycles. The number of nitrogens with zero attached hydrogens (tertiary/aromatic N) is 1. The Kier molecular flexibility index (Phi) is 4.84. The Balaban J connectivity index is 2.01. The molecule has 0 bridgehead atoms. The van der Waals surface area contributed by atoms with E-state index in [9.17, 15) is 0 Å². The molecule has 26 heavy (non-hydrogen) atoms. The van der Waals surface area contributed by atoms with E-state index in [1.807, 2.05) is 71.9 Å². The van der Waals surface area contributed by atoms with Gasteiger partial charge in [0, 0.05) is 16.8 Å². The third-order valence-corrected chi connectivity index (χ3v) is 5.22. The predicted molar refractivity (Wildman–Crippen MR) is 103 cm³/mol. The van der Waals surface area contributed by atoms with E-state index >= 15 is 4.39 Å². The van der Waals surface area contributed by atoms with Crippen LogP contribution in [-0.4, -0.2) is 28.5 Å².